The number of hydrogen-bond donors (Lipinski definition) is 0. The van der Waals surface area contributed by atoms with Crippen LogP contribution in [-0.2, 0) is 11.3 Å². The Bertz CT molecular complexity index is 629. The lowest BCUT2D eigenvalue weighted by Gasteiger charge is -2.09. The van der Waals surface area contributed by atoms with Gasteiger partial charge in [-0.15, -0.1) is 0 Å². The van der Waals surface area contributed by atoms with E-state index in [0.29, 0.717) is 15.9 Å². The quantitative estimate of drug-likeness (QED) is 0.426. The molecule has 0 atom stereocenters. The van der Waals surface area contributed by atoms with E-state index in [2.05, 4.69) is 11.6 Å². The minimum atomic E-state index is -0.465. The predicted molar refractivity (Wildman–Crippen MR) is 88.2 cm³/mol. The molecule has 1 aromatic carbocycles. The van der Waals surface area contributed by atoms with Crippen molar-refractivity contribution in [3.8, 4) is 5.75 Å². The zero-order valence-corrected chi connectivity index (χ0v) is 13.4. The summed E-state index contributed by atoms with van der Waals surface area (Å²) in [4.78, 5) is 16.2. The Hall–Kier alpha value is -1.89. The molecule has 0 fully saturated rings. The van der Waals surface area contributed by atoms with Crippen molar-refractivity contribution < 1.29 is 14.3 Å². The first-order valence-electron chi connectivity index (χ1n) is 6.31. The van der Waals surface area contributed by atoms with Crippen molar-refractivity contribution >= 4 is 28.6 Å². The van der Waals surface area contributed by atoms with Crippen LogP contribution < -0.4 is 4.74 Å². The number of carbonyl (C=O) groups excluding carboxylic acids is 1. The van der Waals surface area contributed by atoms with E-state index in [1.165, 1.54) is 6.20 Å². The summed E-state index contributed by atoms with van der Waals surface area (Å²) in [6.45, 7) is 4.18. The summed E-state index contributed by atoms with van der Waals surface area (Å²) in [6.07, 6.45) is 3.17. The number of aromatic nitrogens is 1. The maximum atomic E-state index is 12.1. The van der Waals surface area contributed by atoms with Crippen molar-refractivity contribution in [2.45, 2.75) is 6.61 Å². The van der Waals surface area contributed by atoms with Crippen LogP contribution in [0.2, 0.25) is 0 Å². The number of benzene rings is 1. The molecule has 0 radical (unpaired) electrons. The fourth-order valence-electron chi connectivity index (χ4n) is 1.62. The van der Waals surface area contributed by atoms with Gasteiger partial charge >= 0.3 is 5.97 Å². The standard InChI is InChI=1S/C16H14INO3/c1-2-10-20-13-8-9-18-15(14(13)17)16(19)21-11-12-6-4-3-5-7-12/h2-9H,1,10-11H2. The lowest BCUT2D eigenvalue weighted by Crippen LogP contribution is -2.10. The number of halogens is 1. The second kappa shape index (κ2) is 7.78. The van der Waals surface area contributed by atoms with Crippen LogP contribution in [0.4, 0.5) is 0 Å². The minimum Gasteiger partial charge on any atom is -0.488 e. The Morgan fingerprint density at radius 3 is 2.76 bits per heavy atom. The smallest absolute Gasteiger partial charge is 0.358 e. The van der Waals surface area contributed by atoms with E-state index in [1.807, 2.05) is 52.9 Å². The van der Waals surface area contributed by atoms with E-state index in [-0.39, 0.29) is 12.3 Å². The molecule has 0 N–H and O–H groups in total. The monoisotopic (exact) mass is 395 g/mol. The SMILES string of the molecule is C=CCOc1ccnc(C(=O)OCc2ccccc2)c1I. The van der Waals surface area contributed by atoms with Gasteiger partial charge in [0.2, 0.25) is 0 Å². The molecule has 2 aromatic rings. The van der Waals surface area contributed by atoms with Crippen LogP contribution in [0, 0.1) is 3.57 Å². The van der Waals surface area contributed by atoms with Crippen molar-refractivity contribution in [3.63, 3.8) is 0 Å². The first kappa shape index (κ1) is 15.5. The number of ether oxygens (including phenoxy) is 2. The molecule has 108 valence electrons. The normalized spacial score (nSPS) is 9.95. The predicted octanol–water partition coefficient (Wildman–Crippen LogP) is 3.61. The Labute approximate surface area is 136 Å². The number of esters is 1. The number of rotatable bonds is 6. The molecular weight excluding hydrogens is 381 g/mol. The number of carbonyl (C=O) groups is 1. The van der Waals surface area contributed by atoms with E-state index in [4.69, 9.17) is 9.47 Å². The Balaban J connectivity index is 2.06. The minimum absolute atomic E-state index is 0.217. The topological polar surface area (TPSA) is 48.4 Å². The fraction of sp³-hybridized carbons (Fsp3) is 0.125. The summed E-state index contributed by atoms with van der Waals surface area (Å²) < 4.78 is 11.4. The molecule has 0 amide bonds. The van der Waals surface area contributed by atoms with Crippen molar-refractivity contribution in [2.75, 3.05) is 6.61 Å². The molecule has 0 aliphatic rings. The van der Waals surface area contributed by atoms with Crippen LogP contribution in [0.5, 0.6) is 5.75 Å². The van der Waals surface area contributed by atoms with E-state index in [1.54, 1.807) is 12.1 Å². The first-order chi connectivity index (χ1) is 10.2. The van der Waals surface area contributed by atoms with Gasteiger partial charge in [0.25, 0.3) is 0 Å². The highest BCUT2D eigenvalue weighted by Crippen LogP contribution is 2.23. The zero-order valence-electron chi connectivity index (χ0n) is 11.3. The molecule has 0 bridgehead atoms. The van der Waals surface area contributed by atoms with Crippen LogP contribution in [0.25, 0.3) is 0 Å². The molecule has 0 spiro atoms. The van der Waals surface area contributed by atoms with Gasteiger partial charge in [0.05, 0.1) is 3.57 Å². The molecular formula is C16H14INO3. The summed E-state index contributed by atoms with van der Waals surface area (Å²) >= 11 is 2.03. The van der Waals surface area contributed by atoms with Gasteiger partial charge in [0.15, 0.2) is 5.69 Å². The third-order valence-electron chi connectivity index (χ3n) is 2.62. The van der Waals surface area contributed by atoms with Crippen LogP contribution in [0.3, 0.4) is 0 Å². The third kappa shape index (κ3) is 4.29. The Morgan fingerprint density at radius 1 is 1.29 bits per heavy atom. The number of nitrogens with zero attached hydrogens (tertiary/aromatic N) is 1. The van der Waals surface area contributed by atoms with Gasteiger partial charge in [0.1, 0.15) is 19.0 Å². The molecule has 0 saturated heterocycles. The van der Waals surface area contributed by atoms with Gasteiger partial charge < -0.3 is 9.47 Å². The van der Waals surface area contributed by atoms with Gasteiger partial charge in [-0.25, -0.2) is 9.78 Å². The molecule has 0 saturated carbocycles. The molecule has 0 aliphatic carbocycles. The van der Waals surface area contributed by atoms with Gasteiger partial charge in [0, 0.05) is 6.20 Å². The lowest BCUT2D eigenvalue weighted by atomic mass is 10.2. The highest BCUT2D eigenvalue weighted by Gasteiger charge is 2.17. The average Bonchev–Trinajstić information content (AvgIpc) is 2.52. The van der Waals surface area contributed by atoms with E-state index >= 15 is 0 Å². The van der Waals surface area contributed by atoms with Crippen molar-refractivity contribution in [1.82, 2.24) is 4.98 Å². The fourth-order valence-corrected chi connectivity index (χ4v) is 2.31. The number of pyridine rings is 1. The molecule has 21 heavy (non-hydrogen) atoms. The summed E-state index contributed by atoms with van der Waals surface area (Å²) in [5, 5.41) is 0. The van der Waals surface area contributed by atoms with Gasteiger partial charge in [-0.2, -0.15) is 0 Å². The van der Waals surface area contributed by atoms with E-state index < -0.39 is 5.97 Å². The molecule has 4 nitrogen and oxygen atoms in total. The summed E-state index contributed by atoms with van der Waals surface area (Å²) in [5.41, 5.74) is 1.19. The van der Waals surface area contributed by atoms with Crippen molar-refractivity contribution in [3.05, 3.63) is 70.1 Å². The highest BCUT2D eigenvalue weighted by atomic mass is 127. The Morgan fingerprint density at radius 2 is 2.05 bits per heavy atom. The third-order valence-corrected chi connectivity index (χ3v) is 3.66. The maximum absolute atomic E-state index is 12.1. The molecule has 0 unspecified atom stereocenters. The second-order valence-electron chi connectivity index (χ2n) is 4.13. The molecule has 2 rings (SSSR count). The van der Waals surface area contributed by atoms with Crippen LogP contribution in [0.15, 0.2) is 55.3 Å². The Kier molecular flexibility index (Phi) is 5.74. The highest BCUT2D eigenvalue weighted by molar-refractivity contribution is 14.1. The van der Waals surface area contributed by atoms with Gasteiger partial charge in [-0.3, -0.25) is 0 Å². The van der Waals surface area contributed by atoms with Crippen LogP contribution in [-0.4, -0.2) is 17.6 Å². The van der Waals surface area contributed by atoms with Crippen LogP contribution in [0.1, 0.15) is 16.1 Å². The number of hydrogen-bond acceptors (Lipinski definition) is 4. The van der Waals surface area contributed by atoms with Gasteiger partial charge in [-0.1, -0.05) is 43.0 Å². The van der Waals surface area contributed by atoms with Crippen molar-refractivity contribution in [2.24, 2.45) is 0 Å². The summed E-state index contributed by atoms with van der Waals surface area (Å²) in [6, 6.07) is 11.2. The van der Waals surface area contributed by atoms with E-state index in [9.17, 15) is 4.79 Å². The molecule has 1 heterocycles. The van der Waals surface area contributed by atoms with Gasteiger partial charge in [-0.05, 0) is 34.2 Å². The molecule has 1 aromatic heterocycles. The lowest BCUT2D eigenvalue weighted by molar-refractivity contribution is 0.0463. The molecule has 5 heteroatoms. The molecule has 0 aliphatic heterocycles. The van der Waals surface area contributed by atoms with Crippen molar-refractivity contribution in [1.29, 1.82) is 0 Å². The van der Waals surface area contributed by atoms with Crippen LogP contribution >= 0.6 is 22.6 Å². The largest absolute Gasteiger partial charge is 0.488 e. The zero-order chi connectivity index (χ0) is 15.1. The first-order valence-corrected chi connectivity index (χ1v) is 7.39. The summed E-state index contributed by atoms with van der Waals surface area (Å²) in [5.74, 6) is 0.129. The average molecular weight is 395 g/mol. The summed E-state index contributed by atoms with van der Waals surface area (Å²) in [7, 11) is 0. The maximum Gasteiger partial charge on any atom is 0.358 e. The van der Waals surface area contributed by atoms with E-state index in [0.717, 1.165) is 5.56 Å². The second-order valence-corrected chi connectivity index (χ2v) is 5.21.